The SMILES string of the molecule is CC(CCS(C)=O)NC(=O)C1CCC(N)CC1. The van der Waals surface area contributed by atoms with Crippen LogP contribution in [-0.4, -0.2) is 34.2 Å². The highest BCUT2D eigenvalue weighted by Gasteiger charge is 2.25. The van der Waals surface area contributed by atoms with Crippen molar-refractivity contribution in [1.82, 2.24) is 5.32 Å². The minimum Gasteiger partial charge on any atom is -0.353 e. The van der Waals surface area contributed by atoms with Gasteiger partial charge in [0.1, 0.15) is 0 Å². The van der Waals surface area contributed by atoms with Crippen molar-refractivity contribution in [3.8, 4) is 0 Å². The van der Waals surface area contributed by atoms with Crippen LogP contribution >= 0.6 is 0 Å². The number of hydrogen-bond acceptors (Lipinski definition) is 3. The van der Waals surface area contributed by atoms with Crippen molar-refractivity contribution in [2.24, 2.45) is 11.7 Å². The minimum atomic E-state index is -0.778. The Labute approximate surface area is 106 Å². The number of hydrogen-bond donors (Lipinski definition) is 2. The van der Waals surface area contributed by atoms with Gasteiger partial charge in [0.05, 0.1) is 0 Å². The first-order valence-electron chi connectivity index (χ1n) is 6.35. The Bertz CT molecular complexity index is 276. The van der Waals surface area contributed by atoms with Crippen LogP contribution in [-0.2, 0) is 15.6 Å². The van der Waals surface area contributed by atoms with Gasteiger partial charge >= 0.3 is 0 Å². The van der Waals surface area contributed by atoms with E-state index in [2.05, 4.69) is 5.32 Å². The van der Waals surface area contributed by atoms with Gasteiger partial charge in [-0.25, -0.2) is 0 Å². The van der Waals surface area contributed by atoms with E-state index in [1.54, 1.807) is 6.26 Å². The maximum atomic E-state index is 11.9. The lowest BCUT2D eigenvalue weighted by molar-refractivity contribution is -0.126. The van der Waals surface area contributed by atoms with Crippen LogP contribution in [0.5, 0.6) is 0 Å². The molecular formula is C12H24N2O2S. The Morgan fingerprint density at radius 1 is 1.41 bits per heavy atom. The molecule has 1 saturated carbocycles. The summed E-state index contributed by atoms with van der Waals surface area (Å²) < 4.78 is 11.0. The van der Waals surface area contributed by atoms with Crippen molar-refractivity contribution in [2.45, 2.75) is 51.1 Å². The Kier molecular flexibility index (Phi) is 6.12. The molecule has 0 bridgehead atoms. The number of amides is 1. The van der Waals surface area contributed by atoms with E-state index in [9.17, 15) is 9.00 Å². The lowest BCUT2D eigenvalue weighted by atomic mass is 9.86. The van der Waals surface area contributed by atoms with Crippen LogP contribution in [0.4, 0.5) is 0 Å². The molecule has 0 saturated heterocycles. The largest absolute Gasteiger partial charge is 0.353 e. The second-order valence-electron chi connectivity index (χ2n) is 5.09. The Morgan fingerprint density at radius 3 is 2.53 bits per heavy atom. The van der Waals surface area contributed by atoms with Gasteiger partial charge in [-0.2, -0.15) is 0 Å². The summed E-state index contributed by atoms with van der Waals surface area (Å²) in [7, 11) is -0.778. The molecule has 0 radical (unpaired) electrons. The zero-order valence-corrected chi connectivity index (χ0v) is 11.6. The molecule has 0 aliphatic heterocycles. The summed E-state index contributed by atoms with van der Waals surface area (Å²) in [4.78, 5) is 11.9. The molecule has 0 aromatic carbocycles. The van der Waals surface area contributed by atoms with Crippen molar-refractivity contribution >= 4 is 16.7 Å². The van der Waals surface area contributed by atoms with Crippen molar-refractivity contribution in [3.05, 3.63) is 0 Å². The molecule has 5 heteroatoms. The molecule has 4 nitrogen and oxygen atoms in total. The Hall–Kier alpha value is -0.420. The van der Waals surface area contributed by atoms with E-state index in [1.165, 1.54) is 0 Å². The molecular weight excluding hydrogens is 236 g/mol. The monoisotopic (exact) mass is 260 g/mol. The van der Waals surface area contributed by atoms with Gasteiger partial charge in [-0.15, -0.1) is 0 Å². The summed E-state index contributed by atoms with van der Waals surface area (Å²) in [5.41, 5.74) is 5.81. The molecule has 2 atom stereocenters. The van der Waals surface area contributed by atoms with Gasteiger partial charge in [-0.05, 0) is 39.0 Å². The van der Waals surface area contributed by atoms with Crippen LogP contribution in [0, 0.1) is 5.92 Å². The van der Waals surface area contributed by atoms with Crippen molar-refractivity contribution in [3.63, 3.8) is 0 Å². The average Bonchev–Trinajstić information content (AvgIpc) is 2.27. The van der Waals surface area contributed by atoms with Gasteiger partial charge in [0.25, 0.3) is 0 Å². The second-order valence-corrected chi connectivity index (χ2v) is 6.64. The molecule has 3 N–H and O–H groups in total. The normalized spacial score (nSPS) is 28.4. The molecule has 17 heavy (non-hydrogen) atoms. The first-order chi connectivity index (χ1) is 7.99. The predicted octanol–water partition coefficient (Wildman–Crippen LogP) is 0.777. The van der Waals surface area contributed by atoms with Gasteiger partial charge in [0.2, 0.25) is 5.91 Å². The first kappa shape index (κ1) is 14.6. The third-order valence-electron chi connectivity index (χ3n) is 3.37. The summed E-state index contributed by atoms with van der Waals surface area (Å²) in [6.45, 7) is 1.97. The van der Waals surface area contributed by atoms with E-state index in [-0.39, 0.29) is 23.9 Å². The Balaban J connectivity index is 2.26. The topological polar surface area (TPSA) is 72.2 Å². The highest BCUT2D eigenvalue weighted by atomic mass is 32.2. The third-order valence-corrected chi connectivity index (χ3v) is 4.18. The van der Waals surface area contributed by atoms with E-state index in [0.29, 0.717) is 5.75 Å². The first-order valence-corrected chi connectivity index (χ1v) is 8.07. The molecule has 1 aliphatic carbocycles. The van der Waals surface area contributed by atoms with Gasteiger partial charge < -0.3 is 11.1 Å². The molecule has 1 amide bonds. The average molecular weight is 260 g/mol. The molecule has 0 aromatic heterocycles. The van der Waals surface area contributed by atoms with Crippen LogP contribution in [0.15, 0.2) is 0 Å². The maximum absolute atomic E-state index is 11.9. The molecule has 0 heterocycles. The summed E-state index contributed by atoms with van der Waals surface area (Å²) in [5.74, 6) is 0.924. The molecule has 0 spiro atoms. The minimum absolute atomic E-state index is 0.113. The van der Waals surface area contributed by atoms with E-state index < -0.39 is 10.8 Å². The van der Waals surface area contributed by atoms with Gasteiger partial charge in [0, 0.05) is 40.8 Å². The molecule has 1 aliphatic rings. The fourth-order valence-electron chi connectivity index (χ4n) is 2.16. The molecule has 100 valence electrons. The summed E-state index contributed by atoms with van der Waals surface area (Å²) in [5, 5.41) is 3.01. The predicted molar refractivity (Wildman–Crippen MR) is 71.1 cm³/mol. The number of nitrogens with one attached hydrogen (secondary N) is 1. The number of rotatable bonds is 5. The molecule has 0 aromatic rings. The number of carbonyl (C=O) groups is 1. The van der Waals surface area contributed by atoms with Crippen LogP contribution in [0.25, 0.3) is 0 Å². The third kappa shape index (κ3) is 5.64. The summed E-state index contributed by atoms with van der Waals surface area (Å²) in [6.07, 6.45) is 6.17. The van der Waals surface area contributed by atoms with E-state index in [4.69, 9.17) is 5.73 Å². The van der Waals surface area contributed by atoms with Gasteiger partial charge in [-0.1, -0.05) is 0 Å². The zero-order valence-electron chi connectivity index (χ0n) is 10.8. The van der Waals surface area contributed by atoms with Crippen LogP contribution in [0.1, 0.15) is 39.0 Å². The lowest BCUT2D eigenvalue weighted by Crippen LogP contribution is -2.40. The maximum Gasteiger partial charge on any atom is 0.223 e. The second kappa shape index (κ2) is 7.11. The zero-order chi connectivity index (χ0) is 12.8. The molecule has 1 fully saturated rings. The summed E-state index contributed by atoms with van der Waals surface area (Å²) in [6, 6.07) is 0.390. The summed E-state index contributed by atoms with van der Waals surface area (Å²) >= 11 is 0. The smallest absolute Gasteiger partial charge is 0.223 e. The molecule has 2 unspecified atom stereocenters. The highest BCUT2D eigenvalue weighted by molar-refractivity contribution is 7.84. The number of carbonyl (C=O) groups excluding carboxylic acids is 1. The van der Waals surface area contributed by atoms with Crippen molar-refractivity contribution < 1.29 is 9.00 Å². The van der Waals surface area contributed by atoms with E-state index in [1.807, 2.05) is 6.92 Å². The fourth-order valence-corrected chi connectivity index (χ4v) is 2.84. The van der Waals surface area contributed by atoms with Gasteiger partial charge in [-0.3, -0.25) is 9.00 Å². The quantitative estimate of drug-likeness (QED) is 0.767. The lowest BCUT2D eigenvalue weighted by Gasteiger charge is -2.26. The fraction of sp³-hybridized carbons (Fsp3) is 0.917. The van der Waals surface area contributed by atoms with Crippen molar-refractivity contribution in [2.75, 3.05) is 12.0 Å². The standard InChI is InChI=1S/C12H24N2O2S/c1-9(7-8-17(2)16)14-12(15)10-3-5-11(13)6-4-10/h9-11H,3-8,13H2,1-2H3,(H,14,15). The van der Waals surface area contributed by atoms with Crippen LogP contribution in [0.2, 0.25) is 0 Å². The molecule has 1 rings (SSSR count). The van der Waals surface area contributed by atoms with E-state index in [0.717, 1.165) is 32.1 Å². The van der Waals surface area contributed by atoms with Crippen molar-refractivity contribution in [1.29, 1.82) is 0 Å². The van der Waals surface area contributed by atoms with Crippen LogP contribution in [0.3, 0.4) is 0 Å². The van der Waals surface area contributed by atoms with E-state index >= 15 is 0 Å². The number of nitrogens with two attached hydrogens (primary N) is 1. The highest BCUT2D eigenvalue weighted by Crippen LogP contribution is 2.23. The Morgan fingerprint density at radius 2 is 2.00 bits per heavy atom. The van der Waals surface area contributed by atoms with Crippen LogP contribution < -0.4 is 11.1 Å². The van der Waals surface area contributed by atoms with Gasteiger partial charge in [0.15, 0.2) is 0 Å².